The monoisotopic (exact) mass is 418 g/mol. The van der Waals surface area contributed by atoms with Crippen molar-refractivity contribution in [1.82, 2.24) is 18.9 Å². The SMILES string of the molecule is O=C(Cn1cnc2ccccc2c1=O)OCc1cc(=O)n2c(n1)sc1ccccc12. The number of fused-ring (bicyclic) bond motifs is 4. The average molecular weight is 418 g/mol. The second kappa shape index (κ2) is 7.20. The van der Waals surface area contributed by atoms with Gasteiger partial charge in [0.05, 0.1) is 33.1 Å². The first kappa shape index (κ1) is 18.2. The molecule has 9 heteroatoms. The lowest BCUT2D eigenvalue weighted by molar-refractivity contribution is -0.145. The number of aromatic nitrogens is 4. The van der Waals surface area contributed by atoms with Crippen molar-refractivity contribution in [1.29, 1.82) is 0 Å². The van der Waals surface area contributed by atoms with Gasteiger partial charge in [0.1, 0.15) is 13.2 Å². The van der Waals surface area contributed by atoms with Gasteiger partial charge in [-0.3, -0.25) is 23.4 Å². The van der Waals surface area contributed by atoms with Crippen molar-refractivity contribution >= 4 is 43.4 Å². The Hall–Kier alpha value is -3.85. The van der Waals surface area contributed by atoms with Gasteiger partial charge >= 0.3 is 5.97 Å². The molecule has 0 fully saturated rings. The Morgan fingerprint density at radius 3 is 2.77 bits per heavy atom. The van der Waals surface area contributed by atoms with E-state index in [2.05, 4.69) is 9.97 Å². The molecule has 0 unspecified atom stereocenters. The summed E-state index contributed by atoms with van der Waals surface area (Å²) in [5, 5.41) is 0.428. The lowest BCUT2D eigenvalue weighted by atomic mass is 10.2. The third-order valence-electron chi connectivity index (χ3n) is 4.66. The summed E-state index contributed by atoms with van der Waals surface area (Å²) < 4.78 is 8.92. The standard InChI is InChI=1S/C21H14N4O4S/c26-18-9-13(23-21-25(18)16-7-3-4-8-17(16)30-21)11-29-19(27)10-24-12-22-15-6-2-1-5-14(15)20(24)28/h1-9,12H,10-11H2. The van der Waals surface area contributed by atoms with Crippen LogP contribution in [-0.2, 0) is 22.7 Å². The summed E-state index contributed by atoms with van der Waals surface area (Å²) >= 11 is 1.39. The summed E-state index contributed by atoms with van der Waals surface area (Å²) in [4.78, 5) is 46.4. The lowest BCUT2D eigenvalue weighted by Crippen LogP contribution is -2.25. The number of hydrogen-bond acceptors (Lipinski definition) is 7. The van der Waals surface area contributed by atoms with Crippen molar-refractivity contribution in [3.8, 4) is 0 Å². The number of benzene rings is 2. The highest BCUT2D eigenvalue weighted by Gasteiger charge is 2.12. The minimum atomic E-state index is -0.618. The zero-order chi connectivity index (χ0) is 20.7. The third-order valence-corrected chi connectivity index (χ3v) is 5.68. The normalized spacial score (nSPS) is 11.3. The van der Waals surface area contributed by atoms with E-state index in [9.17, 15) is 14.4 Å². The first-order chi connectivity index (χ1) is 14.6. The maximum atomic E-state index is 12.5. The number of para-hydroxylation sites is 2. The maximum absolute atomic E-state index is 12.5. The molecule has 5 aromatic rings. The molecule has 0 amide bonds. The number of thiazole rings is 1. The highest BCUT2D eigenvalue weighted by molar-refractivity contribution is 7.23. The van der Waals surface area contributed by atoms with Gasteiger partial charge in [-0.1, -0.05) is 35.6 Å². The first-order valence-corrected chi connectivity index (χ1v) is 9.92. The van der Waals surface area contributed by atoms with Gasteiger partial charge in [0.15, 0.2) is 4.96 Å². The van der Waals surface area contributed by atoms with Gasteiger partial charge in [0.2, 0.25) is 0 Å². The smallest absolute Gasteiger partial charge is 0.326 e. The number of nitrogens with zero attached hydrogens (tertiary/aromatic N) is 4. The van der Waals surface area contributed by atoms with Crippen molar-refractivity contribution in [2.45, 2.75) is 13.2 Å². The summed E-state index contributed by atoms with van der Waals surface area (Å²) in [6.45, 7) is -0.435. The summed E-state index contributed by atoms with van der Waals surface area (Å²) in [6.07, 6.45) is 1.32. The molecule has 0 atom stereocenters. The second-order valence-electron chi connectivity index (χ2n) is 6.63. The van der Waals surface area contributed by atoms with Crippen LogP contribution in [-0.4, -0.2) is 24.9 Å². The van der Waals surface area contributed by atoms with Crippen LogP contribution in [0.4, 0.5) is 0 Å². The Morgan fingerprint density at radius 2 is 1.87 bits per heavy atom. The Morgan fingerprint density at radius 1 is 1.07 bits per heavy atom. The van der Waals surface area contributed by atoms with E-state index in [0.29, 0.717) is 21.6 Å². The third kappa shape index (κ3) is 3.15. The van der Waals surface area contributed by atoms with Gasteiger partial charge < -0.3 is 4.74 Å². The Kier molecular flexibility index (Phi) is 4.36. The molecule has 0 saturated heterocycles. The molecule has 5 rings (SSSR count). The number of carbonyl (C=O) groups excluding carboxylic acids is 1. The Bertz CT molecular complexity index is 1550. The maximum Gasteiger partial charge on any atom is 0.326 e. The molecule has 0 saturated carbocycles. The second-order valence-corrected chi connectivity index (χ2v) is 7.64. The van der Waals surface area contributed by atoms with E-state index in [1.165, 1.54) is 32.7 Å². The number of rotatable bonds is 4. The average Bonchev–Trinajstić information content (AvgIpc) is 3.13. The predicted octanol–water partition coefficient (Wildman–Crippen LogP) is 2.36. The van der Waals surface area contributed by atoms with Crippen LogP contribution < -0.4 is 11.1 Å². The van der Waals surface area contributed by atoms with E-state index in [4.69, 9.17) is 4.74 Å². The Balaban J connectivity index is 1.36. The largest absolute Gasteiger partial charge is 0.458 e. The fraction of sp³-hybridized carbons (Fsp3) is 0.0952. The van der Waals surface area contributed by atoms with E-state index in [1.54, 1.807) is 24.3 Å². The number of ether oxygens (including phenoxy) is 1. The molecular formula is C21H14N4O4S. The van der Waals surface area contributed by atoms with E-state index >= 15 is 0 Å². The van der Waals surface area contributed by atoms with E-state index < -0.39 is 5.97 Å². The van der Waals surface area contributed by atoms with Crippen molar-refractivity contribution in [3.63, 3.8) is 0 Å². The summed E-state index contributed by atoms with van der Waals surface area (Å²) in [5.74, 6) is -0.618. The van der Waals surface area contributed by atoms with Crippen LogP contribution >= 0.6 is 11.3 Å². The van der Waals surface area contributed by atoms with E-state index in [-0.39, 0.29) is 24.3 Å². The molecule has 0 radical (unpaired) electrons. The van der Waals surface area contributed by atoms with Gasteiger partial charge in [0, 0.05) is 6.07 Å². The topological polar surface area (TPSA) is 95.6 Å². The van der Waals surface area contributed by atoms with Crippen molar-refractivity contribution in [2.24, 2.45) is 0 Å². The summed E-state index contributed by atoms with van der Waals surface area (Å²) in [6, 6.07) is 15.8. The van der Waals surface area contributed by atoms with Crippen LogP contribution in [0.25, 0.3) is 26.1 Å². The van der Waals surface area contributed by atoms with Crippen molar-refractivity contribution in [3.05, 3.63) is 87.3 Å². The van der Waals surface area contributed by atoms with Crippen LogP contribution in [0.3, 0.4) is 0 Å². The van der Waals surface area contributed by atoms with Crippen LogP contribution in [0, 0.1) is 0 Å². The zero-order valence-electron chi connectivity index (χ0n) is 15.5. The molecule has 3 aromatic heterocycles. The molecular weight excluding hydrogens is 404 g/mol. The Labute approximate surface area is 172 Å². The molecule has 0 N–H and O–H groups in total. The van der Waals surface area contributed by atoms with Crippen LogP contribution in [0.1, 0.15) is 5.69 Å². The molecule has 0 bridgehead atoms. The molecule has 0 aliphatic rings. The van der Waals surface area contributed by atoms with Crippen LogP contribution in [0.2, 0.25) is 0 Å². The number of esters is 1. The molecule has 0 spiro atoms. The van der Waals surface area contributed by atoms with Gasteiger partial charge in [-0.2, -0.15) is 0 Å². The molecule has 148 valence electrons. The molecule has 0 aliphatic carbocycles. The van der Waals surface area contributed by atoms with E-state index in [1.807, 2.05) is 24.3 Å². The highest BCUT2D eigenvalue weighted by atomic mass is 32.1. The minimum Gasteiger partial charge on any atom is -0.458 e. The van der Waals surface area contributed by atoms with Crippen molar-refractivity contribution in [2.75, 3.05) is 0 Å². The van der Waals surface area contributed by atoms with E-state index in [0.717, 1.165) is 10.2 Å². The lowest BCUT2D eigenvalue weighted by Gasteiger charge is -2.07. The molecule has 2 aromatic carbocycles. The van der Waals surface area contributed by atoms with Crippen LogP contribution in [0.15, 0.2) is 70.5 Å². The van der Waals surface area contributed by atoms with Gasteiger partial charge in [-0.05, 0) is 24.3 Å². The summed E-state index contributed by atoms with van der Waals surface area (Å²) in [7, 11) is 0. The molecule has 3 heterocycles. The zero-order valence-corrected chi connectivity index (χ0v) is 16.3. The highest BCUT2D eigenvalue weighted by Crippen LogP contribution is 2.23. The number of hydrogen-bond donors (Lipinski definition) is 0. The van der Waals surface area contributed by atoms with Gasteiger partial charge in [-0.15, -0.1) is 0 Å². The molecule has 30 heavy (non-hydrogen) atoms. The summed E-state index contributed by atoms with van der Waals surface area (Å²) in [5.41, 5.74) is 1.15. The first-order valence-electron chi connectivity index (χ1n) is 9.10. The van der Waals surface area contributed by atoms with Crippen LogP contribution in [0.5, 0.6) is 0 Å². The minimum absolute atomic E-state index is 0.158. The van der Waals surface area contributed by atoms with Gasteiger partial charge in [-0.25, -0.2) is 9.97 Å². The predicted molar refractivity (Wildman–Crippen MR) is 113 cm³/mol. The van der Waals surface area contributed by atoms with Crippen molar-refractivity contribution < 1.29 is 9.53 Å². The molecule has 8 nitrogen and oxygen atoms in total. The number of carbonyl (C=O) groups is 1. The quantitative estimate of drug-likeness (QED) is 0.416. The molecule has 0 aliphatic heterocycles. The van der Waals surface area contributed by atoms with Gasteiger partial charge in [0.25, 0.3) is 11.1 Å². The fourth-order valence-corrected chi connectivity index (χ4v) is 4.30. The fourth-order valence-electron chi connectivity index (χ4n) is 3.26.